The highest BCUT2D eigenvalue weighted by atomic mass is 32.1. The van der Waals surface area contributed by atoms with Crippen LogP contribution in [0.2, 0.25) is 0 Å². The first-order chi connectivity index (χ1) is 12.8. The Balaban J connectivity index is 1.49. The molecule has 6 nitrogen and oxygen atoms in total. The fraction of sp³-hybridized carbons (Fsp3) is 0.0526. The normalized spacial score (nSPS) is 10.6. The maximum Gasteiger partial charge on any atom is 0.251 e. The van der Waals surface area contributed by atoms with E-state index in [0.29, 0.717) is 12.1 Å². The number of pyridine rings is 2. The van der Waals surface area contributed by atoms with E-state index in [1.165, 1.54) is 11.3 Å². The maximum absolute atomic E-state index is 12.4. The monoisotopic (exact) mass is 361 g/mol. The van der Waals surface area contributed by atoms with E-state index in [-0.39, 0.29) is 5.91 Å². The van der Waals surface area contributed by atoms with Crippen LogP contribution in [0.1, 0.15) is 15.9 Å². The molecule has 0 fully saturated rings. The summed E-state index contributed by atoms with van der Waals surface area (Å²) in [6.45, 7) is 0.446. The van der Waals surface area contributed by atoms with Crippen LogP contribution in [0, 0.1) is 0 Å². The molecule has 4 rings (SSSR count). The average Bonchev–Trinajstić information content (AvgIpc) is 3.09. The van der Waals surface area contributed by atoms with E-state index in [9.17, 15) is 4.79 Å². The van der Waals surface area contributed by atoms with Crippen LogP contribution in [0.5, 0.6) is 0 Å². The van der Waals surface area contributed by atoms with Crippen LogP contribution in [0.3, 0.4) is 0 Å². The van der Waals surface area contributed by atoms with Crippen LogP contribution >= 0.6 is 11.3 Å². The summed E-state index contributed by atoms with van der Waals surface area (Å²) in [4.78, 5) is 25.0. The van der Waals surface area contributed by atoms with E-state index in [0.717, 1.165) is 26.6 Å². The zero-order valence-electron chi connectivity index (χ0n) is 13.7. The number of amides is 1. The molecule has 4 aromatic rings. The molecule has 1 amide bonds. The van der Waals surface area contributed by atoms with Crippen molar-refractivity contribution in [3.8, 4) is 0 Å². The van der Waals surface area contributed by atoms with Gasteiger partial charge in [-0.05, 0) is 42.0 Å². The largest absolute Gasteiger partial charge is 0.348 e. The van der Waals surface area contributed by atoms with E-state index in [4.69, 9.17) is 0 Å². The van der Waals surface area contributed by atoms with E-state index < -0.39 is 0 Å². The third-order valence-electron chi connectivity index (χ3n) is 3.74. The topological polar surface area (TPSA) is 79.8 Å². The Morgan fingerprint density at radius 2 is 1.88 bits per heavy atom. The van der Waals surface area contributed by atoms with Crippen molar-refractivity contribution in [3.63, 3.8) is 0 Å². The zero-order valence-corrected chi connectivity index (χ0v) is 14.5. The second kappa shape index (κ2) is 7.28. The molecule has 128 valence electrons. The molecule has 0 radical (unpaired) electrons. The van der Waals surface area contributed by atoms with Gasteiger partial charge in [-0.3, -0.25) is 14.8 Å². The number of anilines is 2. The predicted octanol–water partition coefficient (Wildman–Crippen LogP) is 3.76. The molecule has 0 aliphatic rings. The van der Waals surface area contributed by atoms with Gasteiger partial charge in [0.2, 0.25) is 0 Å². The average molecular weight is 361 g/mol. The van der Waals surface area contributed by atoms with E-state index in [1.807, 2.05) is 36.4 Å². The van der Waals surface area contributed by atoms with Gasteiger partial charge in [0.25, 0.3) is 5.91 Å². The minimum Gasteiger partial charge on any atom is -0.348 e. The Bertz CT molecular complexity index is 1030. The standard InChI is InChI=1S/C19H15N5OS/c25-18(22-11-13-3-1-7-20-10-13)14-5-6-16-17(9-14)26-19(24-16)23-15-4-2-8-21-12-15/h1-10,12H,11H2,(H,22,25)(H,23,24). The molecule has 0 saturated carbocycles. The number of aromatic nitrogens is 3. The summed E-state index contributed by atoms with van der Waals surface area (Å²) in [5.41, 5.74) is 3.30. The molecule has 3 aromatic heterocycles. The Morgan fingerprint density at radius 3 is 2.65 bits per heavy atom. The van der Waals surface area contributed by atoms with Crippen molar-refractivity contribution >= 4 is 38.3 Å². The zero-order chi connectivity index (χ0) is 17.8. The SMILES string of the molecule is O=C(NCc1cccnc1)c1ccc2nc(Nc3cccnc3)sc2c1. The van der Waals surface area contributed by atoms with Crippen molar-refractivity contribution in [1.29, 1.82) is 0 Å². The number of carbonyl (C=O) groups is 1. The van der Waals surface area contributed by atoms with Gasteiger partial charge in [-0.25, -0.2) is 4.98 Å². The first-order valence-electron chi connectivity index (χ1n) is 8.03. The second-order valence-electron chi connectivity index (χ2n) is 5.61. The lowest BCUT2D eigenvalue weighted by atomic mass is 10.2. The van der Waals surface area contributed by atoms with Gasteiger partial charge >= 0.3 is 0 Å². The van der Waals surface area contributed by atoms with E-state index >= 15 is 0 Å². The molecule has 0 spiro atoms. The van der Waals surface area contributed by atoms with Crippen molar-refractivity contribution < 1.29 is 4.79 Å². The molecule has 0 aliphatic heterocycles. The van der Waals surface area contributed by atoms with Gasteiger partial charge in [0.15, 0.2) is 5.13 Å². The number of carbonyl (C=O) groups excluding carboxylic acids is 1. The van der Waals surface area contributed by atoms with E-state index in [1.54, 1.807) is 30.9 Å². The van der Waals surface area contributed by atoms with Crippen LogP contribution in [0.25, 0.3) is 10.2 Å². The van der Waals surface area contributed by atoms with Crippen LogP contribution in [0.15, 0.2) is 67.3 Å². The molecule has 3 heterocycles. The summed E-state index contributed by atoms with van der Waals surface area (Å²) in [5.74, 6) is -0.120. The summed E-state index contributed by atoms with van der Waals surface area (Å²) in [6, 6.07) is 13.1. The smallest absolute Gasteiger partial charge is 0.251 e. The molecule has 2 N–H and O–H groups in total. The molecule has 7 heteroatoms. The first kappa shape index (κ1) is 16.2. The van der Waals surface area contributed by atoms with Gasteiger partial charge in [0.1, 0.15) is 0 Å². The lowest BCUT2D eigenvalue weighted by molar-refractivity contribution is 0.0951. The molecule has 0 saturated heterocycles. The maximum atomic E-state index is 12.4. The number of fused-ring (bicyclic) bond motifs is 1. The number of nitrogens with one attached hydrogen (secondary N) is 2. The fourth-order valence-corrected chi connectivity index (χ4v) is 3.39. The van der Waals surface area contributed by atoms with Crippen molar-refractivity contribution in [3.05, 3.63) is 78.4 Å². The Morgan fingerprint density at radius 1 is 1.04 bits per heavy atom. The van der Waals surface area contributed by atoms with Gasteiger partial charge < -0.3 is 10.6 Å². The molecule has 0 atom stereocenters. The highest BCUT2D eigenvalue weighted by Gasteiger charge is 2.10. The lowest BCUT2D eigenvalue weighted by Crippen LogP contribution is -2.22. The Kier molecular flexibility index (Phi) is 4.53. The minimum absolute atomic E-state index is 0.120. The van der Waals surface area contributed by atoms with Gasteiger partial charge in [0.05, 0.1) is 22.1 Å². The number of hydrogen-bond acceptors (Lipinski definition) is 6. The summed E-state index contributed by atoms with van der Waals surface area (Å²) in [5, 5.41) is 6.90. The summed E-state index contributed by atoms with van der Waals surface area (Å²) in [6.07, 6.45) is 6.91. The minimum atomic E-state index is -0.120. The van der Waals surface area contributed by atoms with Crippen molar-refractivity contribution in [1.82, 2.24) is 20.3 Å². The number of rotatable bonds is 5. The van der Waals surface area contributed by atoms with Gasteiger partial charge in [0, 0.05) is 30.7 Å². The molecule has 1 aromatic carbocycles. The van der Waals surface area contributed by atoms with Crippen LogP contribution < -0.4 is 10.6 Å². The van der Waals surface area contributed by atoms with Crippen LogP contribution in [0.4, 0.5) is 10.8 Å². The van der Waals surface area contributed by atoms with Crippen molar-refractivity contribution in [2.24, 2.45) is 0 Å². The highest BCUT2D eigenvalue weighted by Crippen LogP contribution is 2.28. The molecule has 0 aliphatic carbocycles. The molecule has 0 bridgehead atoms. The van der Waals surface area contributed by atoms with Crippen LogP contribution in [-0.2, 0) is 6.54 Å². The summed E-state index contributed by atoms with van der Waals surface area (Å²) < 4.78 is 0.949. The fourth-order valence-electron chi connectivity index (χ4n) is 2.47. The van der Waals surface area contributed by atoms with Crippen molar-refractivity contribution in [2.45, 2.75) is 6.54 Å². The lowest BCUT2D eigenvalue weighted by Gasteiger charge is -2.04. The van der Waals surface area contributed by atoms with Gasteiger partial charge in [-0.15, -0.1) is 0 Å². The van der Waals surface area contributed by atoms with Crippen molar-refractivity contribution in [2.75, 3.05) is 5.32 Å². The summed E-state index contributed by atoms with van der Waals surface area (Å²) >= 11 is 1.50. The first-order valence-corrected chi connectivity index (χ1v) is 8.84. The van der Waals surface area contributed by atoms with Gasteiger partial charge in [-0.1, -0.05) is 17.4 Å². The number of hydrogen-bond donors (Lipinski definition) is 2. The quantitative estimate of drug-likeness (QED) is 0.566. The van der Waals surface area contributed by atoms with Crippen LogP contribution in [-0.4, -0.2) is 20.9 Å². The number of benzene rings is 1. The predicted molar refractivity (Wildman–Crippen MR) is 103 cm³/mol. The number of thiazole rings is 1. The Labute approximate surface area is 154 Å². The van der Waals surface area contributed by atoms with E-state index in [2.05, 4.69) is 25.6 Å². The molecular weight excluding hydrogens is 346 g/mol. The Hall–Kier alpha value is -3.32. The van der Waals surface area contributed by atoms with Gasteiger partial charge in [-0.2, -0.15) is 0 Å². The second-order valence-corrected chi connectivity index (χ2v) is 6.64. The third kappa shape index (κ3) is 3.68. The molecule has 0 unspecified atom stereocenters. The highest BCUT2D eigenvalue weighted by molar-refractivity contribution is 7.22. The summed E-state index contributed by atoms with van der Waals surface area (Å²) in [7, 11) is 0. The third-order valence-corrected chi connectivity index (χ3v) is 4.67. The molecule has 26 heavy (non-hydrogen) atoms. The molecular formula is C19H15N5OS. The number of nitrogens with zero attached hydrogens (tertiary/aromatic N) is 3.